The van der Waals surface area contributed by atoms with E-state index in [-0.39, 0.29) is 23.3 Å². The Morgan fingerprint density at radius 1 is 1.50 bits per heavy atom. The summed E-state index contributed by atoms with van der Waals surface area (Å²) < 4.78 is 5.72. The molecule has 1 rings (SSSR count). The van der Waals surface area contributed by atoms with Gasteiger partial charge in [0.1, 0.15) is 0 Å². The van der Waals surface area contributed by atoms with Crippen molar-refractivity contribution in [3.63, 3.8) is 0 Å². The van der Waals surface area contributed by atoms with Gasteiger partial charge < -0.3 is 9.64 Å². The first-order valence-electron chi connectivity index (χ1n) is 6.14. The van der Waals surface area contributed by atoms with Gasteiger partial charge in [0.15, 0.2) is 0 Å². The minimum atomic E-state index is -0.525. The maximum atomic E-state index is 12.1. The van der Waals surface area contributed by atoms with Gasteiger partial charge in [-0.25, -0.2) is 0 Å². The Labute approximate surface area is 126 Å². The molecule has 7 heteroatoms. The average Bonchev–Trinajstić information content (AvgIpc) is 2.37. The standard InChI is InChI=1S/C13H17BrN2O4/c1-9(2)20-7-6-15(3)13(17)10-4-5-11(14)12(8-10)16(18)19/h4-5,8-9H,6-7H2,1-3H3. The van der Waals surface area contributed by atoms with E-state index in [0.29, 0.717) is 17.6 Å². The van der Waals surface area contributed by atoms with Gasteiger partial charge in [0.25, 0.3) is 11.6 Å². The molecule has 0 atom stereocenters. The lowest BCUT2D eigenvalue weighted by Crippen LogP contribution is -2.30. The summed E-state index contributed by atoms with van der Waals surface area (Å²) in [6, 6.07) is 4.33. The van der Waals surface area contributed by atoms with Gasteiger partial charge in [-0.1, -0.05) is 0 Å². The summed E-state index contributed by atoms with van der Waals surface area (Å²) in [5, 5.41) is 10.8. The second-order valence-electron chi connectivity index (χ2n) is 4.57. The molecular formula is C13H17BrN2O4. The van der Waals surface area contributed by atoms with Crippen LogP contribution in [0.5, 0.6) is 0 Å². The fourth-order valence-electron chi connectivity index (χ4n) is 1.53. The van der Waals surface area contributed by atoms with Crippen LogP contribution in [0.1, 0.15) is 24.2 Å². The lowest BCUT2D eigenvalue weighted by molar-refractivity contribution is -0.385. The number of amides is 1. The fourth-order valence-corrected chi connectivity index (χ4v) is 1.92. The summed E-state index contributed by atoms with van der Waals surface area (Å²) in [5.74, 6) is -0.270. The highest BCUT2D eigenvalue weighted by atomic mass is 79.9. The van der Waals surface area contributed by atoms with E-state index in [9.17, 15) is 14.9 Å². The highest BCUT2D eigenvalue weighted by Gasteiger charge is 2.18. The Morgan fingerprint density at radius 2 is 2.15 bits per heavy atom. The third-order valence-corrected chi connectivity index (χ3v) is 3.28. The lowest BCUT2D eigenvalue weighted by atomic mass is 10.2. The SMILES string of the molecule is CC(C)OCCN(C)C(=O)c1ccc(Br)c([N+](=O)[O-])c1. The van der Waals surface area contributed by atoms with Gasteiger partial charge in [0.2, 0.25) is 0 Å². The number of nitro groups is 1. The predicted octanol–water partition coefficient (Wildman–Crippen LogP) is 2.85. The van der Waals surface area contributed by atoms with E-state index in [0.717, 1.165) is 0 Å². The molecule has 0 aliphatic rings. The summed E-state index contributed by atoms with van der Waals surface area (Å²) in [6.45, 7) is 4.69. The first-order valence-corrected chi connectivity index (χ1v) is 6.93. The second kappa shape index (κ2) is 7.35. The molecule has 0 unspecified atom stereocenters. The van der Waals surface area contributed by atoms with Crippen LogP contribution in [0.4, 0.5) is 5.69 Å². The molecule has 0 saturated carbocycles. The molecule has 0 heterocycles. The molecule has 0 saturated heterocycles. The van der Waals surface area contributed by atoms with Crippen molar-refractivity contribution in [2.24, 2.45) is 0 Å². The molecule has 6 nitrogen and oxygen atoms in total. The second-order valence-corrected chi connectivity index (χ2v) is 5.42. The smallest absolute Gasteiger partial charge is 0.284 e. The van der Waals surface area contributed by atoms with Crippen LogP contribution in [0.25, 0.3) is 0 Å². The number of halogens is 1. The van der Waals surface area contributed by atoms with Gasteiger partial charge in [-0.05, 0) is 41.9 Å². The van der Waals surface area contributed by atoms with Crippen LogP contribution in [0.3, 0.4) is 0 Å². The highest BCUT2D eigenvalue weighted by Crippen LogP contribution is 2.26. The number of carbonyl (C=O) groups is 1. The van der Waals surface area contributed by atoms with Crippen molar-refractivity contribution in [2.75, 3.05) is 20.2 Å². The molecule has 0 N–H and O–H groups in total. The summed E-state index contributed by atoms with van der Waals surface area (Å²) in [4.78, 5) is 23.9. The Balaban J connectivity index is 2.76. The van der Waals surface area contributed by atoms with Crippen molar-refractivity contribution in [1.82, 2.24) is 4.90 Å². The van der Waals surface area contributed by atoms with E-state index in [1.165, 1.54) is 17.0 Å². The summed E-state index contributed by atoms with van der Waals surface area (Å²) in [5.41, 5.74) is 0.162. The van der Waals surface area contributed by atoms with Crippen LogP contribution in [0.15, 0.2) is 22.7 Å². The minimum Gasteiger partial charge on any atom is -0.377 e. The van der Waals surface area contributed by atoms with Gasteiger partial charge in [0, 0.05) is 25.2 Å². The number of nitrogens with zero attached hydrogens (tertiary/aromatic N) is 2. The number of likely N-dealkylation sites (N-methyl/N-ethyl adjacent to an activating group) is 1. The van der Waals surface area contributed by atoms with Crippen molar-refractivity contribution in [2.45, 2.75) is 20.0 Å². The number of hydrogen-bond donors (Lipinski definition) is 0. The number of rotatable bonds is 6. The molecule has 0 bridgehead atoms. The number of carbonyl (C=O) groups excluding carboxylic acids is 1. The first-order chi connectivity index (χ1) is 9.32. The van der Waals surface area contributed by atoms with Crippen molar-refractivity contribution in [3.05, 3.63) is 38.3 Å². The van der Waals surface area contributed by atoms with E-state index < -0.39 is 4.92 Å². The Morgan fingerprint density at radius 3 is 2.70 bits per heavy atom. The van der Waals surface area contributed by atoms with Crippen LogP contribution in [-0.4, -0.2) is 42.0 Å². The Kier molecular flexibility index (Phi) is 6.09. The molecular weight excluding hydrogens is 328 g/mol. The van der Waals surface area contributed by atoms with E-state index in [1.807, 2.05) is 13.8 Å². The topological polar surface area (TPSA) is 72.7 Å². The lowest BCUT2D eigenvalue weighted by Gasteiger charge is -2.18. The quantitative estimate of drug-likeness (QED) is 0.587. The molecule has 1 aromatic rings. The number of hydrogen-bond acceptors (Lipinski definition) is 4. The summed E-state index contributed by atoms with van der Waals surface area (Å²) >= 11 is 3.09. The van der Waals surface area contributed by atoms with Crippen molar-refractivity contribution < 1.29 is 14.5 Å². The first kappa shape index (κ1) is 16.6. The maximum absolute atomic E-state index is 12.1. The Hall–Kier alpha value is -1.47. The third kappa shape index (κ3) is 4.57. The van der Waals surface area contributed by atoms with Crippen LogP contribution in [-0.2, 0) is 4.74 Å². The van der Waals surface area contributed by atoms with Gasteiger partial charge in [-0.3, -0.25) is 14.9 Å². The summed E-state index contributed by atoms with van der Waals surface area (Å²) in [6.07, 6.45) is 0.104. The zero-order chi connectivity index (χ0) is 15.3. The zero-order valence-corrected chi connectivity index (χ0v) is 13.2. The van der Waals surface area contributed by atoms with E-state index in [2.05, 4.69) is 15.9 Å². The molecule has 20 heavy (non-hydrogen) atoms. The monoisotopic (exact) mass is 344 g/mol. The molecule has 1 amide bonds. The van der Waals surface area contributed by atoms with Crippen LogP contribution >= 0.6 is 15.9 Å². The normalized spacial score (nSPS) is 10.7. The maximum Gasteiger partial charge on any atom is 0.284 e. The molecule has 0 fully saturated rings. The van der Waals surface area contributed by atoms with Crippen LogP contribution < -0.4 is 0 Å². The number of nitro benzene ring substituents is 1. The van der Waals surface area contributed by atoms with Crippen LogP contribution in [0.2, 0.25) is 0 Å². The average molecular weight is 345 g/mol. The highest BCUT2D eigenvalue weighted by molar-refractivity contribution is 9.10. The molecule has 0 aromatic heterocycles. The van der Waals surface area contributed by atoms with Gasteiger partial charge >= 0.3 is 0 Å². The fraction of sp³-hybridized carbons (Fsp3) is 0.462. The van der Waals surface area contributed by atoms with E-state index in [1.54, 1.807) is 13.1 Å². The predicted molar refractivity (Wildman–Crippen MR) is 78.8 cm³/mol. The Bertz CT molecular complexity index is 505. The number of ether oxygens (including phenoxy) is 1. The zero-order valence-electron chi connectivity index (χ0n) is 11.6. The van der Waals surface area contributed by atoms with Gasteiger partial charge in [-0.15, -0.1) is 0 Å². The van der Waals surface area contributed by atoms with Crippen LogP contribution in [0, 0.1) is 10.1 Å². The number of benzene rings is 1. The molecule has 1 aromatic carbocycles. The van der Waals surface area contributed by atoms with Crippen molar-refractivity contribution >= 4 is 27.5 Å². The van der Waals surface area contributed by atoms with Crippen molar-refractivity contribution in [3.8, 4) is 0 Å². The van der Waals surface area contributed by atoms with Crippen molar-refractivity contribution in [1.29, 1.82) is 0 Å². The molecule has 0 aliphatic heterocycles. The minimum absolute atomic E-state index is 0.104. The van der Waals surface area contributed by atoms with Gasteiger partial charge in [0.05, 0.1) is 22.1 Å². The van der Waals surface area contributed by atoms with E-state index in [4.69, 9.17) is 4.74 Å². The molecule has 0 aliphatic carbocycles. The molecule has 0 radical (unpaired) electrons. The molecule has 0 spiro atoms. The van der Waals surface area contributed by atoms with Gasteiger partial charge in [-0.2, -0.15) is 0 Å². The third-order valence-electron chi connectivity index (χ3n) is 2.61. The largest absolute Gasteiger partial charge is 0.377 e. The summed E-state index contributed by atoms with van der Waals surface area (Å²) in [7, 11) is 1.64. The molecule has 110 valence electrons. The van der Waals surface area contributed by atoms with E-state index >= 15 is 0 Å².